The Morgan fingerprint density at radius 1 is 1.21 bits per heavy atom. The van der Waals surface area contributed by atoms with Gasteiger partial charge in [-0.15, -0.1) is 0 Å². The summed E-state index contributed by atoms with van der Waals surface area (Å²) in [4.78, 5) is 12.2. The van der Waals surface area contributed by atoms with Crippen molar-refractivity contribution in [3.8, 4) is 0 Å². The van der Waals surface area contributed by atoms with Crippen LogP contribution in [0.2, 0.25) is 0 Å². The third-order valence-electron chi connectivity index (χ3n) is 5.31. The van der Waals surface area contributed by atoms with Gasteiger partial charge in [-0.3, -0.25) is 4.79 Å². The van der Waals surface area contributed by atoms with Crippen LogP contribution in [0, 0.1) is 5.92 Å². The monoisotopic (exact) mass is 391 g/mol. The first-order chi connectivity index (χ1) is 13.2. The highest BCUT2D eigenvalue weighted by Gasteiger charge is 2.32. The summed E-state index contributed by atoms with van der Waals surface area (Å²) < 4.78 is 11.3. The first-order valence-corrected chi connectivity index (χ1v) is 10.6. The van der Waals surface area contributed by atoms with Gasteiger partial charge < -0.3 is 19.9 Å². The fraction of sp³-hybridized carbons (Fsp3) is 0.696. The fourth-order valence-corrected chi connectivity index (χ4v) is 3.69. The maximum atomic E-state index is 12.2. The maximum Gasteiger partial charge on any atom is 0.309 e. The van der Waals surface area contributed by atoms with Crippen molar-refractivity contribution in [1.82, 2.24) is 5.32 Å². The van der Waals surface area contributed by atoms with E-state index in [0.29, 0.717) is 19.6 Å². The summed E-state index contributed by atoms with van der Waals surface area (Å²) in [5.41, 5.74) is 0.974. The van der Waals surface area contributed by atoms with E-state index in [9.17, 15) is 9.90 Å². The number of nitrogens with one attached hydrogen (secondary N) is 1. The van der Waals surface area contributed by atoms with Crippen LogP contribution in [0.1, 0.15) is 64.5 Å². The smallest absolute Gasteiger partial charge is 0.309 e. The Morgan fingerprint density at radius 2 is 1.89 bits per heavy atom. The van der Waals surface area contributed by atoms with Gasteiger partial charge in [0.25, 0.3) is 0 Å². The summed E-state index contributed by atoms with van der Waals surface area (Å²) in [5, 5.41) is 14.4. The quantitative estimate of drug-likeness (QED) is 0.497. The van der Waals surface area contributed by atoms with Gasteiger partial charge in [-0.2, -0.15) is 0 Å². The number of esters is 1. The largest absolute Gasteiger partial charge is 0.460 e. The lowest BCUT2D eigenvalue weighted by molar-refractivity contribution is -0.160. The molecule has 0 saturated carbocycles. The predicted molar refractivity (Wildman–Crippen MR) is 111 cm³/mol. The van der Waals surface area contributed by atoms with Crippen LogP contribution in [-0.4, -0.2) is 43.0 Å². The van der Waals surface area contributed by atoms with Crippen LogP contribution in [0.5, 0.6) is 0 Å². The number of piperidine rings is 1. The van der Waals surface area contributed by atoms with Gasteiger partial charge in [0.1, 0.15) is 5.60 Å². The van der Waals surface area contributed by atoms with E-state index in [1.807, 2.05) is 45.9 Å². The Labute approximate surface area is 169 Å². The molecule has 5 heteroatoms. The van der Waals surface area contributed by atoms with Gasteiger partial charge in [0, 0.05) is 6.61 Å². The van der Waals surface area contributed by atoms with Gasteiger partial charge in [-0.05, 0) is 77.1 Å². The van der Waals surface area contributed by atoms with Crippen molar-refractivity contribution in [2.45, 2.75) is 71.0 Å². The summed E-state index contributed by atoms with van der Waals surface area (Å²) in [6.45, 7) is 10.5. The van der Waals surface area contributed by atoms with Gasteiger partial charge in [-0.1, -0.05) is 31.2 Å². The zero-order valence-corrected chi connectivity index (χ0v) is 17.9. The minimum Gasteiger partial charge on any atom is -0.460 e. The Bertz CT molecular complexity index is 617. The van der Waals surface area contributed by atoms with E-state index in [2.05, 4.69) is 11.4 Å². The molecule has 28 heavy (non-hydrogen) atoms. The molecule has 0 spiro atoms. The molecule has 1 atom stereocenters. The first kappa shape index (κ1) is 22.9. The minimum absolute atomic E-state index is 0.123. The third kappa shape index (κ3) is 6.87. The number of benzene rings is 1. The average molecular weight is 392 g/mol. The summed E-state index contributed by atoms with van der Waals surface area (Å²) in [6, 6.07) is 8.12. The van der Waals surface area contributed by atoms with E-state index in [0.717, 1.165) is 49.9 Å². The van der Waals surface area contributed by atoms with Gasteiger partial charge in [-0.25, -0.2) is 0 Å². The van der Waals surface area contributed by atoms with Crippen LogP contribution < -0.4 is 5.32 Å². The van der Waals surface area contributed by atoms with Gasteiger partial charge >= 0.3 is 5.97 Å². The van der Waals surface area contributed by atoms with E-state index >= 15 is 0 Å². The second-order valence-electron chi connectivity index (χ2n) is 8.73. The highest BCUT2D eigenvalue weighted by atomic mass is 16.6. The van der Waals surface area contributed by atoms with Crippen molar-refractivity contribution in [2.24, 2.45) is 5.92 Å². The maximum absolute atomic E-state index is 12.2. The van der Waals surface area contributed by atoms with E-state index < -0.39 is 11.2 Å². The normalized spacial score (nSPS) is 17.9. The lowest BCUT2D eigenvalue weighted by Gasteiger charge is -2.34. The zero-order chi connectivity index (χ0) is 20.6. The molecular formula is C23H37NO4. The minimum atomic E-state index is -0.744. The van der Waals surface area contributed by atoms with Crippen LogP contribution in [0.4, 0.5) is 0 Å². The molecule has 1 saturated heterocycles. The number of carbonyl (C=O) groups is 1. The lowest BCUT2D eigenvalue weighted by atomic mass is 9.82. The highest BCUT2D eigenvalue weighted by Crippen LogP contribution is 2.33. The third-order valence-corrected chi connectivity index (χ3v) is 5.31. The Kier molecular flexibility index (Phi) is 8.47. The highest BCUT2D eigenvalue weighted by molar-refractivity contribution is 5.72. The first-order valence-electron chi connectivity index (χ1n) is 10.6. The van der Waals surface area contributed by atoms with Crippen LogP contribution >= 0.6 is 0 Å². The number of ether oxygens (including phenoxy) is 2. The molecule has 5 nitrogen and oxygen atoms in total. The van der Waals surface area contributed by atoms with Crippen molar-refractivity contribution < 1.29 is 19.4 Å². The molecule has 1 unspecified atom stereocenters. The average Bonchev–Trinajstić information content (AvgIpc) is 2.64. The summed E-state index contributed by atoms with van der Waals surface area (Å²) >= 11 is 0. The SMILES string of the molecule is CCC(CCOCCc1ccccc1C1(O)CCNCC1)C(=O)OC(C)(C)C. The molecular weight excluding hydrogens is 354 g/mol. The van der Waals surface area contributed by atoms with Crippen molar-refractivity contribution in [1.29, 1.82) is 0 Å². The van der Waals surface area contributed by atoms with Crippen molar-refractivity contribution in [2.75, 3.05) is 26.3 Å². The van der Waals surface area contributed by atoms with Gasteiger partial charge in [0.2, 0.25) is 0 Å². The zero-order valence-electron chi connectivity index (χ0n) is 17.9. The molecule has 0 aromatic heterocycles. The topological polar surface area (TPSA) is 67.8 Å². The van der Waals surface area contributed by atoms with Crippen molar-refractivity contribution in [3.05, 3.63) is 35.4 Å². The number of rotatable bonds is 9. The summed E-state index contributed by atoms with van der Waals surface area (Å²) in [5.74, 6) is -0.265. The Balaban J connectivity index is 1.82. The molecule has 1 aliphatic heterocycles. The standard InChI is InChI=1S/C23H37NO4/c1-5-18(21(25)28-22(2,3)4)10-16-27-17-11-19-8-6-7-9-20(19)23(26)12-14-24-15-13-23/h6-9,18,24,26H,5,10-17H2,1-4H3. The fourth-order valence-electron chi connectivity index (χ4n) is 3.69. The molecule has 1 fully saturated rings. The molecule has 1 aliphatic rings. The molecule has 0 amide bonds. The molecule has 158 valence electrons. The predicted octanol–water partition coefficient (Wildman–Crippen LogP) is 3.57. The van der Waals surface area contributed by atoms with Crippen molar-refractivity contribution in [3.63, 3.8) is 0 Å². The Morgan fingerprint density at radius 3 is 2.54 bits per heavy atom. The van der Waals surface area contributed by atoms with Gasteiger partial charge in [0.15, 0.2) is 0 Å². The molecule has 0 radical (unpaired) electrons. The molecule has 0 bridgehead atoms. The summed E-state index contributed by atoms with van der Waals surface area (Å²) in [7, 11) is 0. The van der Waals surface area contributed by atoms with E-state index in [4.69, 9.17) is 9.47 Å². The van der Waals surface area contributed by atoms with Gasteiger partial charge in [0.05, 0.1) is 18.1 Å². The van der Waals surface area contributed by atoms with Crippen LogP contribution in [0.3, 0.4) is 0 Å². The van der Waals surface area contributed by atoms with Crippen LogP contribution in [0.25, 0.3) is 0 Å². The second kappa shape index (κ2) is 10.4. The number of carbonyl (C=O) groups excluding carboxylic acids is 1. The molecule has 1 aromatic carbocycles. The summed E-state index contributed by atoms with van der Waals surface area (Å²) in [6.07, 6.45) is 3.65. The molecule has 2 N–H and O–H groups in total. The molecule has 1 heterocycles. The Hall–Kier alpha value is -1.43. The number of aliphatic hydroxyl groups is 1. The molecule has 0 aliphatic carbocycles. The van der Waals surface area contributed by atoms with E-state index in [1.165, 1.54) is 0 Å². The van der Waals surface area contributed by atoms with E-state index in [1.54, 1.807) is 0 Å². The van der Waals surface area contributed by atoms with Crippen LogP contribution in [0.15, 0.2) is 24.3 Å². The molecule has 1 aromatic rings. The van der Waals surface area contributed by atoms with Crippen molar-refractivity contribution >= 4 is 5.97 Å². The van der Waals surface area contributed by atoms with E-state index in [-0.39, 0.29) is 11.9 Å². The number of hydrogen-bond acceptors (Lipinski definition) is 5. The number of hydrogen-bond donors (Lipinski definition) is 2. The van der Waals surface area contributed by atoms with Crippen LogP contribution in [-0.2, 0) is 26.3 Å². The molecule has 2 rings (SSSR count). The lowest BCUT2D eigenvalue weighted by Crippen LogP contribution is -2.40. The second-order valence-corrected chi connectivity index (χ2v) is 8.73.